The second-order valence-corrected chi connectivity index (χ2v) is 16.8. The molecule has 0 bridgehead atoms. The molecule has 8 heterocycles. The fraction of sp³-hybridized carbons (Fsp3) is 0.0755. The van der Waals surface area contributed by atoms with E-state index in [0.717, 1.165) is 21.5 Å². The molecule has 0 spiro atoms. The quantitative estimate of drug-likeness (QED) is 0.0845. The van der Waals surface area contributed by atoms with Crippen molar-refractivity contribution in [2.24, 2.45) is 4.99 Å². The van der Waals surface area contributed by atoms with Crippen LogP contribution in [0.3, 0.4) is 0 Å². The number of amides is 1. The molecule has 1 amide bonds. The number of halogens is 1. The van der Waals surface area contributed by atoms with Gasteiger partial charge in [-0.15, -0.1) is 0 Å². The number of fused-ring (bicyclic) bond motifs is 8. The molecule has 18 heteroatoms. The molecule has 350 valence electrons. The first kappa shape index (κ1) is 43.7. The third-order valence-electron chi connectivity index (χ3n) is 12.7. The lowest BCUT2D eigenvalue weighted by molar-refractivity contribution is -0.114. The van der Waals surface area contributed by atoms with Crippen LogP contribution >= 0.6 is 0 Å². The van der Waals surface area contributed by atoms with Crippen molar-refractivity contribution in [2.45, 2.75) is 20.0 Å². The van der Waals surface area contributed by atoms with E-state index < -0.39 is 28.9 Å². The summed E-state index contributed by atoms with van der Waals surface area (Å²) in [6, 6.07) is 28.7. The summed E-state index contributed by atoms with van der Waals surface area (Å²) in [6.07, 6.45) is 5.97. The maximum atomic E-state index is 15.4. The van der Waals surface area contributed by atoms with Gasteiger partial charge in [0.1, 0.15) is 34.9 Å². The Hall–Kier alpha value is -9.84. The average molecular weight is 950 g/mol. The molecule has 1 aliphatic rings. The second kappa shape index (κ2) is 17.0. The minimum Gasteiger partial charge on any atom is -0.477 e. The largest absolute Gasteiger partial charge is 0.477 e. The van der Waals surface area contributed by atoms with Crippen LogP contribution in [0.1, 0.15) is 44.7 Å². The van der Waals surface area contributed by atoms with Crippen molar-refractivity contribution in [1.82, 2.24) is 24.1 Å². The summed E-state index contributed by atoms with van der Waals surface area (Å²) in [5.74, 6) is -3.41. The van der Waals surface area contributed by atoms with E-state index in [4.69, 9.17) is 8.83 Å². The van der Waals surface area contributed by atoms with Crippen LogP contribution in [0, 0.1) is 5.82 Å². The minimum absolute atomic E-state index is 0.0654. The zero-order valence-corrected chi connectivity index (χ0v) is 37.1. The highest BCUT2D eigenvalue weighted by Gasteiger charge is 2.30. The molecule has 12 rings (SSSR count). The number of H-pyrrole nitrogens is 3. The number of pyridine rings is 3. The number of rotatable bonds is 8. The number of aromatic nitrogens is 5. The Morgan fingerprint density at radius 3 is 1.83 bits per heavy atom. The average Bonchev–Trinajstić information content (AvgIpc) is 4.15. The van der Waals surface area contributed by atoms with E-state index in [2.05, 4.69) is 25.3 Å². The van der Waals surface area contributed by atoms with Crippen molar-refractivity contribution >= 4 is 83.8 Å². The Balaban J connectivity index is 0.000000155. The number of aromatic carboxylic acids is 2. The number of carboxylic acid groups (broad SMARTS) is 2. The lowest BCUT2D eigenvalue weighted by atomic mass is 10.0. The summed E-state index contributed by atoms with van der Waals surface area (Å²) in [5.41, 5.74) is 3.41. The van der Waals surface area contributed by atoms with Gasteiger partial charge in [0.05, 0.1) is 64.2 Å². The van der Waals surface area contributed by atoms with Gasteiger partial charge in [-0.05, 0) is 85.1 Å². The summed E-state index contributed by atoms with van der Waals surface area (Å²) in [4.78, 5) is 87.6. The molecule has 11 aromatic rings. The number of benzene rings is 4. The van der Waals surface area contributed by atoms with Crippen molar-refractivity contribution in [1.29, 1.82) is 0 Å². The number of hydrogen-bond donors (Lipinski definition) is 6. The third-order valence-corrected chi connectivity index (χ3v) is 12.7. The maximum absolute atomic E-state index is 15.4. The Kier molecular flexibility index (Phi) is 10.5. The second-order valence-electron chi connectivity index (χ2n) is 16.8. The van der Waals surface area contributed by atoms with Crippen molar-refractivity contribution in [2.75, 3.05) is 11.9 Å². The number of aromatic amines is 3. The Morgan fingerprint density at radius 1 is 0.676 bits per heavy atom. The van der Waals surface area contributed by atoms with E-state index in [9.17, 15) is 39.0 Å². The van der Waals surface area contributed by atoms with Crippen LogP contribution in [0.25, 0.3) is 76.8 Å². The fourth-order valence-electron chi connectivity index (χ4n) is 9.61. The van der Waals surface area contributed by atoms with Crippen LogP contribution in [0.2, 0.25) is 0 Å². The van der Waals surface area contributed by atoms with Crippen molar-refractivity contribution in [3.63, 3.8) is 0 Å². The summed E-state index contributed by atoms with van der Waals surface area (Å²) in [5, 5.41) is 27.4. The lowest BCUT2D eigenvalue weighted by Gasteiger charge is -2.14. The summed E-state index contributed by atoms with van der Waals surface area (Å²) < 4.78 is 29.9. The third kappa shape index (κ3) is 7.37. The number of nitrogens with one attached hydrogen (secondary N) is 4. The topological polar surface area (TPSA) is 251 Å². The predicted molar refractivity (Wildman–Crippen MR) is 264 cm³/mol. The highest BCUT2D eigenvalue weighted by Crippen LogP contribution is 2.41. The number of nitrogens with zero attached hydrogens (tertiary/aromatic N) is 3. The monoisotopic (exact) mass is 949 g/mol. The van der Waals surface area contributed by atoms with Gasteiger partial charge in [0.15, 0.2) is 0 Å². The summed E-state index contributed by atoms with van der Waals surface area (Å²) in [7, 11) is 0. The van der Waals surface area contributed by atoms with E-state index in [1.807, 2.05) is 36.4 Å². The minimum atomic E-state index is -1.29. The van der Waals surface area contributed by atoms with Crippen molar-refractivity contribution in [3.05, 3.63) is 193 Å². The van der Waals surface area contributed by atoms with E-state index >= 15 is 4.39 Å². The first-order chi connectivity index (χ1) is 34.4. The SMILES string of the molecule is CC1=NCC(=O)Nc2cc(Cn3c(C(=O)O)c(-c4ccc[nH]c4=O)c4c5occc5ccc43)c(F)cc21.O=C(O)c1c(-c2ccc[nH]c2=O)c2c3occc3ccc2n1Cc1[nH]c(=O)cc2ccccc12. The Labute approximate surface area is 396 Å². The number of furan rings is 2. The summed E-state index contributed by atoms with van der Waals surface area (Å²) in [6.45, 7) is 1.52. The van der Waals surface area contributed by atoms with Gasteiger partial charge in [0.2, 0.25) is 11.5 Å². The van der Waals surface area contributed by atoms with Crippen LogP contribution in [-0.2, 0) is 17.9 Å². The predicted octanol–water partition coefficient (Wildman–Crippen LogP) is 8.72. The zero-order chi connectivity index (χ0) is 49.2. The Bertz CT molecular complexity index is 4280. The number of carbonyl (C=O) groups excluding carboxylic acids is 1. The number of carbonyl (C=O) groups is 3. The number of anilines is 1. The molecular formula is C53H36FN7O10. The normalized spacial score (nSPS) is 12.5. The Morgan fingerprint density at radius 2 is 1.25 bits per heavy atom. The lowest BCUT2D eigenvalue weighted by Crippen LogP contribution is -2.16. The van der Waals surface area contributed by atoms with E-state index in [1.165, 1.54) is 53.8 Å². The van der Waals surface area contributed by atoms with Crippen molar-refractivity contribution < 1.29 is 37.8 Å². The van der Waals surface area contributed by atoms with Crippen LogP contribution in [0.15, 0.2) is 156 Å². The molecule has 4 aromatic carbocycles. The highest BCUT2D eigenvalue weighted by atomic mass is 19.1. The number of benzodiazepines with no additional fused rings is 1. The maximum Gasteiger partial charge on any atom is 0.353 e. The van der Waals surface area contributed by atoms with Crippen molar-refractivity contribution in [3.8, 4) is 22.3 Å². The number of aliphatic imine (C=N–C) groups is 1. The molecule has 6 N–H and O–H groups in total. The standard InChI is InChI=1S/C27H19FN4O5.C26H17N3O5/c1-13-17-10-18(28)15(9-19(17)31-21(33)11-30-13)12-32-20-5-4-14-6-8-37-25(14)23(20)22(24(32)27(35)36)16-3-2-7-29-26(16)34;30-20-12-15-4-1-2-5-16(15)18(28-20)13-29-19-8-7-14-9-11-34-24(14)22(19)21(23(29)26(32)33)17-6-3-10-27-25(17)31/h2-10H,11-12H2,1H3,(H,29,34)(H,31,33)(H,35,36);1-12H,13H2,(H,27,31)(H,28,30)(H,32,33). The molecule has 71 heavy (non-hydrogen) atoms. The van der Waals surface area contributed by atoms with Gasteiger partial charge >= 0.3 is 11.9 Å². The molecule has 0 radical (unpaired) electrons. The molecule has 0 saturated heterocycles. The fourth-order valence-corrected chi connectivity index (χ4v) is 9.61. The molecule has 17 nitrogen and oxygen atoms in total. The van der Waals surface area contributed by atoms with E-state index in [0.29, 0.717) is 55.6 Å². The number of hydrogen-bond acceptors (Lipinski definition) is 9. The smallest absolute Gasteiger partial charge is 0.353 e. The molecule has 0 unspecified atom stereocenters. The molecule has 1 aliphatic heterocycles. The molecule has 0 aliphatic carbocycles. The molecule has 7 aromatic heterocycles. The van der Waals surface area contributed by atoms with Crippen LogP contribution in [0.5, 0.6) is 0 Å². The van der Waals surface area contributed by atoms with Gasteiger partial charge in [-0.25, -0.2) is 14.0 Å². The van der Waals surface area contributed by atoms with Gasteiger partial charge in [0.25, 0.3) is 11.1 Å². The first-order valence-electron chi connectivity index (χ1n) is 22.0. The van der Waals surface area contributed by atoms with Gasteiger partial charge in [0, 0.05) is 68.3 Å². The van der Waals surface area contributed by atoms with Crippen LogP contribution in [0.4, 0.5) is 10.1 Å². The van der Waals surface area contributed by atoms with E-state index in [1.54, 1.807) is 54.0 Å². The van der Waals surface area contributed by atoms with E-state index in [-0.39, 0.29) is 70.3 Å². The van der Waals surface area contributed by atoms with Gasteiger partial charge in [-0.3, -0.25) is 24.2 Å². The zero-order valence-electron chi connectivity index (χ0n) is 37.1. The number of carboxylic acids is 2. The van der Waals surface area contributed by atoms with Crippen LogP contribution in [-0.4, -0.2) is 64.4 Å². The molecule has 0 fully saturated rings. The highest BCUT2D eigenvalue weighted by molar-refractivity contribution is 6.18. The van der Waals surface area contributed by atoms with Gasteiger partial charge in [-0.2, -0.15) is 0 Å². The molecular weight excluding hydrogens is 914 g/mol. The van der Waals surface area contributed by atoms with Gasteiger partial charge in [-0.1, -0.05) is 24.3 Å². The summed E-state index contributed by atoms with van der Waals surface area (Å²) >= 11 is 0. The van der Waals surface area contributed by atoms with Gasteiger partial charge < -0.3 is 48.5 Å². The molecule has 0 saturated carbocycles. The van der Waals surface area contributed by atoms with Crippen LogP contribution < -0.4 is 22.0 Å². The first-order valence-corrected chi connectivity index (χ1v) is 22.0. The molecule has 0 atom stereocenters.